The van der Waals surface area contributed by atoms with E-state index in [2.05, 4.69) is 29.5 Å². The maximum atomic E-state index is 5.50. The van der Waals surface area contributed by atoms with E-state index in [-0.39, 0.29) is 5.54 Å². The number of hydrogen-bond acceptors (Lipinski definition) is 5. The molecule has 20 heavy (non-hydrogen) atoms. The van der Waals surface area contributed by atoms with Gasteiger partial charge >= 0.3 is 0 Å². The van der Waals surface area contributed by atoms with Crippen molar-refractivity contribution in [2.45, 2.75) is 51.0 Å². The molecule has 1 unspecified atom stereocenters. The summed E-state index contributed by atoms with van der Waals surface area (Å²) in [6.45, 7) is 6.86. The fourth-order valence-electron chi connectivity index (χ4n) is 2.47. The molecule has 1 aromatic rings. The van der Waals surface area contributed by atoms with Gasteiger partial charge in [0, 0.05) is 25.1 Å². The molecule has 1 aromatic heterocycles. The first-order valence-corrected chi connectivity index (χ1v) is 7.67. The van der Waals surface area contributed by atoms with Gasteiger partial charge in [0.25, 0.3) is 0 Å². The summed E-state index contributed by atoms with van der Waals surface area (Å²) < 4.78 is 5.50. The van der Waals surface area contributed by atoms with Gasteiger partial charge in [-0.1, -0.05) is 6.92 Å². The van der Waals surface area contributed by atoms with Crippen LogP contribution in [0.1, 0.15) is 51.3 Å². The Hall–Kier alpha value is -1.36. The van der Waals surface area contributed by atoms with Crippen molar-refractivity contribution in [2.24, 2.45) is 0 Å². The second-order valence-corrected chi connectivity index (χ2v) is 6.19. The monoisotopic (exact) mass is 276 g/mol. The molecule has 1 atom stereocenters. The van der Waals surface area contributed by atoms with Crippen LogP contribution in [-0.2, 0) is 4.74 Å². The SMILES string of the molecule is CCCNc1cc(NC2(C)CCOC2)nc(C2CC2)n1. The van der Waals surface area contributed by atoms with E-state index >= 15 is 0 Å². The number of rotatable bonds is 6. The third-order valence-corrected chi connectivity index (χ3v) is 3.89. The van der Waals surface area contributed by atoms with Crippen LogP contribution < -0.4 is 10.6 Å². The zero-order valence-corrected chi connectivity index (χ0v) is 12.4. The molecule has 1 saturated carbocycles. The van der Waals surface area contributed by atoms with Crippen LogP contribution in [0.25, 0.3) is 0 Å². The van der Waals surface area contributed by atoms with Crippen molar-refractivity contribution in [1.82, 2.24) is 9.97 Å². The van der Waals surface area contributed by atoms with Gasteiger partial charge in [-0.2, -0.15) is 0 Å². The Morgan fingerprint density at radius 1 is 1.35 bits per heavy atom. The summed E-state index contributed by atoms with van der Waals surface area (Å²) in [5.41, 5.74) is -0.00278. The zero-order chi connectivity index (χ0) is 14.0. The minimum Gasteiger partial charge on any atom is -0.379 e. The molecule has 110 valence electrons. The highest BCUT2D eigenvalue weighted by Gasteiger charge is 2.31. The zero-order valence-electron chi connectivity index (χ0n) is 12.4. The number of aromatic nitrogens is 2. The molecule has 0 spiro atoms. The summed E-state index contributed by atoms with van der Waals surface area (Å²) >= 11 is 0. The maximum absolute atomic E-state index is 5.50. The Balaban J connectivity index is 1.79. The second kappa shape index (κ2) is 5.56. The first-order chi connectivity index (χ1) is 9.68. The number of anilines is 2. The quantitative estimate of drug-likeness (QED) is 0.836. The molecule has 1 saturated heterocycles. The Labute approximate surface area is 120 Å². The van der Waals surface area contributed by atoms with Gasteiger partial charge in [0.2, 0.25) is 0 Å². The minimum atomic E-state index is -0.00278. The van der Waals surface area contributed by atoms with Gasteiger partial charge in [-0.05, 0) is 32.6 Å². The van der Waals surface area contributed by atoms with Crippen molar-refractivity contribution in [3.63, 3.8) is 0 Å². The lowest BCUT2D eigenvalue weighted by molar-refractivity contribution is 0.185. The molecule has 3 rings (SSSR count). The molecule has 0 radical (unpaired) electrons. The van der Waals surface area contributed by atoms with Crippen LogP contribution in [0, 0.1) is 0 Å². The molecule has 1 aliphatic carbocycles. The maximum Gasteiger partial charge on any atom is 0.136 e. The predicted octanol–water partition coefficient (Wildman–Crippen LogP) is 2.77. The third-order valence-electron chi connectivity index (χ3n) is 3.89. The van der Waals surface area contributed by atoms with Crippen LogP contribution in [-0.4, -0.2) is 35.3 Å². The van der Waals surface area contributed by atoms with Crippen LogP contribution >= 0.6 is 0 Å². The second-order valence-electron chi connectivity index (χ2n) is 6.19. The van der Waals surface area contributed by atoms with Crippen molar-refractivity contribution in [3.05, 3.63) is 11.9 Å². The predicted molar refractivity (Wildman–Crippen MR) is 80.3 cm³/mol. The number of hydrogen-bond donors (Lipinski definition) is 2. The molecular weight excluding hydrogens is 252 g/mol. The first-order valence-electron chi connectivity index (χ1n) is 7.67. The van der Waals surface area contributed by atoms with Crippen LogP contribution in [0.5, 0.6) is 0 Å². The van der Waals surface area contributed by atoms with E-state index in [0.717, 1.165) is 50.1 Å². The van der Waals surface area contributed by atoms with E-state index in [9.17, 15) is 0 Å². The summed E-state index contributed by atoms with van der Waals surface area (Å²) in [5, 5.41) is 6.91. The Morgan fingerprint density at radius 2 is 2.15 bits per heavy atom. The lowest BCUT2D eigenvalue weighted by Gasteiger charge is -2.24. The third kappa shape index (κ3) is 3.20. The number of nitrogens with zero attached hydrogens (tertiary/aromatic N) is 2. The Kier molecular flexibility index (Phi) is 3.78. The molecule has 2 aliphatic rings. The summed E-state index contributed by atoms with van der Waals surface area (Å²) in [6, 6.07) is 2.02. The van der Waals surface area contributed by atoms with Gasteiger partial charge in [-0.3, -0.25) is 0 Å². The molecule has 0 amide bonds. The molecule has 2 heterocycles. The van der Waals surface area contributed by atoms with Crippen molar-refractivity contribution in [2.75, 3.05) is 30.4 Å². The van der Waals surface area contributed by atoms with Gasteiger partial charge < -0.3 is 15.4 Å². The molecule has 1 aliphatic heterocycles. The van der Waals surface area contributed by atoms with Crippen LogP contribution in [0.2, 0.25) is 0 Å². The number of ether oxygens (including phenoxy) is 1. The molecule has 5 nitrogen and oxygen atoms in total. The van der Waals surface area contributed by atoms with Crippen molar-refractivity contribution in [3.8, 4) is 0 Å². The van der Waals surface area contributed by atoms with Gasteiger partial charge in [-0.25, -0.2) is 9.97 Å². The fraction of sp³-hybridized carbons (Fsp3) is 0.733. The van der Waals surface area contributed by atoms with Crippen molar-refractivity contribution >= 4 is 11.6 Å². The Morgan fingerprint density at radius 3 is 2.80 bits per heavy atom. The van der Waals surface area contributed by atoms with Crippen molar-refractivity contribution in [1.29, 1.82) is 0 Å². The largest absolute Gasteiger partial charge is 0.379 e. The van der Waals surface area contributed by atoms with E-state index in [1.54, 1.807) is 0 Å². The average molecular weight is 276 g/mol. The molecule has 2 N–H and O–H groups in total. The topological polar surface area (TPSA) is 59.1 Å². The highest BCUT2D eigenvalue weighted by atomic mass is 16.5. The number of nitrogens with one attached hydrogen (secondary N) is 2. The van der Waals surface area contributed by atoms with E-state index in [1.165, 1.54) is 12.8 Å². The van der Waals surface area contributed by atoms with Crippen LogP contribution in [0.3, 0.4) is 0 Å². The lowest BCUT2D eigenvalue weighted by Crippen LogP contribution is -2.35. The van der Waals surface area contributed by atoms with Crippen LogP contribution in [0.4, 0.5) is 11.6 Å². The average Bonchev–Trinajstić information content (AvgIpc) is 3.19. The molecule has 5 heteroatoms. The standard InChI is InChI=1S/C15H24N4O/c1-3-7-16-12-9-13(18-14(17-12)11-4-5-11)19-15(2)6-8-20-10-15/h9,11H,3-8,10H2,1-2H3,(H2,16,17,18,19). The summed E-state index contributed by atoms with van der Waals surface area (Å²) in [7, 11) is 0. The molecule has 2 fully saturated rings. The van der Waals surface area contributed by atoms with E-state index < -0.39 is 0 Å². The summed E-state index contributed by atoms with van der Waals surface area (Å²) in [4.78, 5) is 9.33. The summed E-state index contributed by atoms with van der Waals surface area (Å²) in [6.07, 6.45) is 4.55. The molecule has 0 aromatic carbocycles. The highest BCUT2D eigenvalue weighted by molar-refractivity contribution is 5.49. The summed E-state index contributed by atoms with van der Waals surface area (Å²) in [5.74, 6) is 3.41. The smallest absolute Gasteiger partial charge is 0.136 e. The van der Waals surface area contributed by atoms with E-state index in [1.807, 2.05) is 6.07 Å². The van der Waals surface area contributed by atoms with E-state index in [4.69, 9.17) is 9.72 Å². The van der Waals surface area contributed by atoms with Gasteiger partial charge in [0.15, 0.2) is 0 Å². The minimum absolute atomic E-state index is 0.00278. The first kappa shape index (κ1) is 13.6. The van der Waals surface area contributed by atoms with Crippen molar-refractivity contribution < 1.29 is 4.74 Å². The van der Waals surface area contributed by atoms with Crippen LogP contribution in [0.15, 0.2) is 6.07 Å². The van der Waals surface area contributed by atoms with Gasteiger partial charge in [0.05, 0.1) is 12.1 Å². The highest BCUT2D eigenvalue weighted by Crippen LogP contribution is 2.39. The fourth-order valence-corrected chi connectivity index (χ4v) is 2.47. The Bertz CT molecular complexity index is 467. The van der Waals surface area contributed by atoms with Gasteiger partial charge in [-0.15, -0.1) is 0 Å². The molecular formula is C15H24N4O. The molecule has 0 bridgehead atoms. The lowest BCUT2D eigenvalue weighted by atomic mass is 10.0. The van der Waals surface area contributed by atoms with Gasteiger partial charge in [0.1, 0.15) is 17.5 Å². The normalized spacial score (nSPS) is 25.7. The van der Waals surface area contributed by atoms with E-state index in [0.29, 0.717) is 5.92 Å².